The maximum absolute atomic E-state index is 11.7. The molecule has 1 aliphatic heterocycles. The molecule has 3 rings (SSSR count). The number of nitrogens with two attached hydrogens (primary N) is 1. The average Bonchev–Trinajstić information content (AvgIpc) is 3.01. The van der Waals surface area contributed by atoms with Crippen LogP contribution in [0.1, 0.15) is 6.23 Å². The Labute approximate surface area is 134 Å². The number of aliphatic hydroxyl groups is 3. The van der Waals surface area contributed by atoms with Crippen molar-refractivity contribution in [1.82, 2.24) is 19.5 Å². The van der Waals surface area contributed by atoms with Crippen molar-refractivity contribution in [1.29, 1.82) is 0 Å². The molecule has 0 amide bonds. The van der Waals surface area contributed by atoms with E-state index in [9.17, 15) is 15.0 Å². The zero-order valence-electron chi connectivity index (χ0n) is 12.0. The van der Waals surface area contributed by atoms with E-state index in [1.54, 1.807) is 0 Å². The summed E-state index contributed by atoms with van der Waals surface area (Å²) < 4.78 is 6.64. The molecule has 14 heteroatoms. The van der Waals surface area contributed by atoms with E-state index in [1.807, 2.05) is 0 Å². The standard InChI is InChI=1S/C10H13N5O5.H3O3P/c11-10-13-7-4(8(19)14-10)12-2-15(7)9-6(18)5(17)3(1-16)20-9;1-4(2)3/h2-3,5-6,9,16-18H,1H2,(H3,11,13,14,19);1-3H/t3-,5-,6-,9-;/m1./s1. The van der Waals surface area contributed by atoms with Crippen LogP contribution < -0.4 is 11.3 Å². The Morgan fingerprint density at radius 3 is 2.50 bits per heavy atom. The van der Waals surface area contributed by atoms with Crippen LogP contribution in [0.2, 0.25) is 0 Å². The fraction of sp³-hybridized carbons (Fsp3) is 0.500. The van der Waals surface area contributed by atoms with Crippen molar-refractivity contribution in [3.05, 3.63) is 16.7 Å². The van der Waals surface area contributed by atoms with Crippen molar-refractivity contribution < 1.29 is 34.7 Å². The molecule has 1 aliphatic rings. The van der Waals surface area contributed by atoms with Crippen molar-refractivity contribution >= 4 is 25.7 Å². The summed E-state index contributed by atoms with van der Waals surface area (Å²) in [6, 6.07) is 0. The van der Waals surface area contributed by atoms with Gasteiger partial charge in [-0.05, 0) is 0 Å². The number of nitrogens with one attached hydrogen (secondary N) is 1. The Hall–Kier alpha value is -1.70. The highest BCUT2D eigenvalue weighted by Crippen LogP contribution is 2.30. The van der Waals surface area contributed by atoms with Gasteiger partial charge in [-0.3, -0.25) is 14.3 Å². The summed E-state index contributed by atoms with van der Waals surface area (Å²) in [6.45, 7) is -0.447. The highest BCUT2D eigenvalue weighted by atomic mass is 31.2. The Bertz CT molecular complexity index is 748. The topological polar surface area (TPSA) is 220 Å². The summed E-state index contributed by atoms with van der Waals surface area (Å²) in [5.74, 6) is -0.101. The molecule has 0 spiro atoms. The van der Waals surface area contributed by atoms with Crippen molar-refractivity contribution in [2.45, 2.75) is 24.5 Å². The summed E-state index contributed by atoms with van der Waals surface area (Å²) in [4.78, 5) is 43.5. The number of aliphatic hydroxyl groups excluding tert-OH is 3. The smallest absolute Gasteiger partial charge is 0.324 e. The molecule has 0 saturated carbocycles. The lowest BCUT2D eigenvalue weighted by molar-refractivity contribution is -0.0511. The summed E-state index contributed by atoms with van der Waals surface area (Å²) in [5.41, 5.74) is 5.12. The first-order chi connectivity index (χ1) is 11.3. The Morgan fingerprint density at radius 1 is 1.33 bits per heavy atom. The van der Waals surface area contributed by atoms with Crippen molar-refractivity contribution in [2.24, 2.45) is 0 Å². The van der Waals surface area contributed by atoms with Crippen LogP contribution in [0.15, 0.2) is 11.1 Å². The number of hydrogen-bond acceptors (Lipinski definition) is 11. The van der Waals surface area contributed by atoms with E-state index < -0.39 is 45.3 Å². The van der Waals surface area contributed by atoms with E-state index in [0.717, 1.165) is 0 Å². The van der Waals surface area contributed by atoms with Crippen LogP contribution in [0.5, 0.6) is 0 Å². The number of fused-ring (bicyclic) bond motifs is 1. The number of ether oxygens (including phenoxy) is 1. The molecular weight excluding hydrogens is 349 g/mol. The van der Waals surface area contributed by atoms with E-state index in [1.165, 1.54) is 10.9 Å². The van der Waals surface area contributed by atoms with Gasteiger partial charge < -0.3 is 40.5 Å². The van der Waals surface area contributed by atoms with Crippen LogP contribution in [0.4, 0.5) is 5.95 Å². The molecule has 0 aliphatic carbocycles. The lowest BCUT2D eigenvalue weighted by Crippen LogP contribution is -2.33. The maximum Gasteiger partial charge on any atom is 0.324 e. The van der Waals surface area contributed by atoms with E-state index in [2.05, 4.69) is 15.0 Å². The summed E-state index contributed by atoms with van der Waals surface area (Å²) in [7, 11) is -2.62. The first kappa shape index (κ1) is 18.6. The molecule has 1 saturated heterocycles. The molecule has 0 bridgehead atoms. The lowest BCUT2D eigenvalue weighted by atomic mass is 10.1. The molecule has 3 heterocycles. The third-order valence-electron chi connectivity index (χ3n) is 3.24. The molecule has 1 fully saturated rings. The normalized spacial score (nSPS) is 26.6. The molecule has 4 atom stereocenters. The number of aromatic nitrogens is 4. The van der Waals surface area contributed by atoms with Gasteiger partial charge in [0.25, 0.3) is 5.56 Å². The monoisotopic (exact) mass is 365 g/mol. The predicted molar refractivity (Wildman–Crippen MR) is 79.1 cm³/mol. The van der Waals surface area contributed by atoms with Crippen molar-refractivity contribution in [3.8, 4) is 0 Å². The second-order valence-electron chi connectivity index (χ2n) is 4.77. The minimum absolute atomic E-state index is 0.0388. The zero-order valence-corrected chi connectivity index (χ0v) is 12.9. The molecule has 134 valence electrons. The number of hydrogen-bond donors (Lipinski definition) is 8. The fourth-order valence-electron chi connectivity index (χ4n) is 2.24. The zero-order chi connectivity index (χ0) is 18.0. The first-order valence-electron chi connectivity index (χ1n) is 6.47. The first-order valence-corrected chi connectivity index (χ1v) is 7.67. The highest BCUT2D eigenvalue weighted by Gasteiger charge is 2.44. The fourth-order valence-corrected chi connectivity index (χ4v) is 2.24. The van der Waals surface area contributed by atoms with Gasteiger partial charge in [0.2, 0.25) is 5.95 Å². The predicted octanol–water partition coefficient (Wildman–Crippen LogP) is -3.50. The van der Waals surface area contributed by atoms with Crippen LogP contribution in [0.25, 0.3) is 11.2 Å². The van der Waals surface area contributed by atoms with Crippen molar-refractivity contribution in [2.75, 3.05) is 12.3 Å². The molecule has 2 aromatic heterocycles. The second-order valence-corrected chi connectivity index (χ2v) is 5.31. The summed E-state index contributed by atoms with van der Waals surface area (Å²) in [6.07, 6.45) is -3.21. The van der Waals surface area contributed by atoms with E-state index in [4.69, 9.17) is 30.3 Å². The highest BCUT2D eigenvalue weighted by molar-refractivity contribution is 7.38. The van der Waals surface area contributed by atoms with E-state index in [-0.39, 0.29) is 17.1 Å². The molecule has 0 unspecified atom stereocenters. The summed E-state index contributed by atoms with van der Waals surface area (Å²) in [5, 5.41) is 28.7. The Balaban J connectivity index is 0.000000471. The number of aromatic amines is 1. The Kier molecular flexibility index (Phi) is 5.79. The number of H-pyrrole nitrogens is 1. The van der Waals surface area contributed by atoms with Gasteiger partial charge in [0.1, 0.15) is 18.3 Å². The number of nitrogens with zero attached hydrogens (tertiary/aromatic N) is 3. The summed E-state index contributed by atoms with van der Waals surface area (Å²) >= 11 is 0. The number of nitrogen functional groups attached to an aromatic ring is 1. The lowest BCUT2D eigenvalue weighted by Gasteiger charge is -2.16. The third kappa shape index (κ3) is 3.68. The largest absolute Gasteiger partial charge is 0.394 e. The van der Waals surface area contributed by atoms with Gasteiger partial charge in [0, 0.05) is 0 Å². The van der Waals surface area contributed by atoms with Gasteiger partial charge in [-0.25, -0.2) is 4.98 Å². The molecule has 24 heavy (non-hydrogen) atoms. The van der Waals surface area contributed by atoms with Gasteiger partial charge >= 0.3 is 8.60 Å². The van der Waals surface area contributed by atoms with Crippen LogP contribution in [-0.4, -0.2) is 74.4 Å². The maximum atomic E-state index is 11.7. The molecule has 0 aromatic carbocycles. The molecular formula is C10H16N5O8P. The quantitative estimate of drug-likeness (QED) is 0.244. The van der Waals surface area contributed by atoms with Crippen LogP contribution in [0.3, 0.4) is 0 Å². The number of anilines is 1. The molecule has 9 N–H and O–H groups in total. The van der Waals surface area contributed by atoms with E-state index >= 15 is 0 Å². The SMILES string of the molecule is Nc1nc2c(ncn2[C@@H]2O[C@H](CO)[C@@H](O)[C@H]2O)c(=O)[nH]1.OP(O)O. The van der Waals surface area contributed by atoms with Crippen molar-refractivity contribution in [3.63, 3.8) is 0 Å². The average molecular weight is 365 g/mol. The van der Waals surface area contributed by atoms with Gasteiger partial charge in [0.15, 0.2) is 17.4 Å². The van der Waals surface area contributed by atoms with Crippen LogP contribution >= 0.6 is 8.60 Å². The number of imidazole rings is 1. The van der Waals surface area contributed by atoms with Crippen LogP contribution in [0, 0.1) is 0 Å². The Morgan fingerprint density at radius 2 is 1.96 bits per heavy atom. The molecule has 0 radical (unpaired) electrons. The minimum atomic E-state index is -2.62. The number of rotatable bonds is 2. The third-order valence-corrected chi connectivity index (χ3v) is 3.24. The van der Waals surface area contributed by atoms with Gasteiger partial charge in [0.05, 0.1) is 12.9 Å². The van der Waals surface area contributed by atoms with Gasteiger partial charge in [-0.2, -0.15) is 4.98 Å². The molecule has 13 nitrogen and oxygen atoms in total. The molecule has 2 aromatic rings. The minimum Gasteiger partial charge on any atom is -0.394 e. The van der Waals surface area contributed by atoms with E-state index in [0.29, 0.717) is 0 Å². The second kappa shape index (κ2) is 7.46. The van der Waals surface area contributed by atoms with Gasteiger partial charge in [-0.1, -0.05) is 0 Å². The van der Waals surface area contributed by atoms with Gasteiger partial charge in [-0.15, -0.1) is 0 Å². The van der Waals surface area contributed by atoms with Crippen LogP contribution in [-0.2, 0) is 4.74 Å².